The number of fused-ring (bicyclic) bond motifs is 2. The summed E-state index contributed by atoms with van der Waals surface area (Å²) in [4.78, 5) is 17.9. The predicted molar refractivity (Wildman–Crippen MR) is 108 cm³/mol. The van der Waals surface area contributed by atoms with E-state index in [0.717, 1.165) is 32.0 Å². The third-order valence-corrected chi connectivity index (χ3v) is 5.34. The van der Waals surface area contributed by atoms with Crippen LogP contribution < -0.4 is 15.5 Å². The second-order valence-electron chi connectivity index (χ2n) is 6.27. The number of nitrogens with one attached hydrogen (secondary N) is 1. The van der Waals surface area contributed by atoms with E-state index in [4.69, 9.17) is 0 Å². The molecule has 0 fully saturated rings. The van der Waals surface area contributed by atoms with E-state index in [1.807, 2.05) is 59.9 Å². The van der Waals surface area contributed by atoms with Gasteiger partial charge in [-0.15, -0.1) is 11.3 Å². The molecule has 3 heterocycles. The van der Waals surface area contributed by atoms with Crippen molar-refractivity contribution in [3.63, 3.8) is 0 Å². The maximum absolute atomic E-state index is 10.3. The molecule has 1 aliphatic heterocycles. The third-order valence-electron chi connectivity index (χ3n) is 4.55. The van der Waals surface area contributed by atoms with Crippen molar-refractivity contribution in [1.82, 2.24) is 15.0 Å². The summed E-state index contributed by atoms with van der Waals surface area (Å²) in [6.45, 7) is 0. The SMILES string of the molecule is CN(c1ccc2ncsc2c1)c1nc(O)c(C=c2ccc3c(c2)C=CN=3)[nH]1. The summed E-state index contributed by atoms with van der Waals surface area (Å²) in [7, 11) is 1.91. The molecule has 2 N–H and O–H groups in total. The molecule has 0 spiro atoms. The molecule has 0 unspecified atom stereocenters. The van der Waals surface area contributed by atoms with Crippen molar-refractivity contribution < 1.29 is 5.11 Å². The lowest BCUT2D eigenvalue weighted by atomic mass is 10.1. The van der Waals surface area contributed by atoms with E-state index in [2.05, 4.69) is 26.0 Å². The minimum atomic E-state index is -0.0311. The van der Waals surface area contributed by atoms with Gasteiger partial charge in [-0.1, -0.05) is 6.07 Å². The Bertz CT molecular complexity index is 1320. The van der Waals surface area contributed by atoms with Crippen LogP contribution in [-0.2, 0) is 0 Å². The van der Waals surface area contributed by atoms with Crippen LogP contribution in [0.25, 0.3) is 22.4 Å². The average molecular weight is 373 g/mol. The molecule has 0 aliphatic carbocycles. The fourth-order valence-corrected chi connectivity index (χ4v) is 3.79. The maximum Gasteiger partial charge on any atom is 0.238 e. The van der Waals surface area contributed by atoms with E-state index in [0.29, 0.717) is 11.6 Å². The minimum absolute atomic E-state index is 0.0311. The largest absolute Gasteiger partial charge is 0.492 e. The van der Waals surface area contributed by atoms with Crippen molar-refractivity contribution >= 4 is 45.3 Å². The van der Waals surface area contributed by atoms with Crippen LogP contribution in [0.2, 0.25) is 0 Å². The van der Waals surface area contributed by atoms with Gasteiger partial charge in [0.25, 0.3) is 0 Å². The number of hydrogen-bond acceptors (Lipinski definition) is 6. The molecule has 0 saturated heterocycles. The number of H-pyrrole nitrogens is 1. The zero-order chi connectivity index (χ0) is 18.4. The second kappa shape index (κ2) is 6.07. The van der Waals surface area contributed by atoms with Crippen LogP contribution in [0.15, 0.2) is 53.1 Å². The summed E-state index contributed by atoms with van der Waals surface area (Å²) in [6, 6.07) is 12.0. The molecule has 0 bridgehead atoms. The molecule has 0 radical (unpaired) electrons. The zero-order valence-electron chi connectivity index (χ0n) is 14.4. The Labute approximate surface area is 158 Å². The number of imidazole rings is 1. The maximum atomic E-state index is 10.3. The Morgan fingerprint density at radius 1 is 1.19 bits per heavy atom. The molecule has 5 rings (SSSR count). The van der Waals surface area contributed by atoms with Crippen LogP contribution in [0, 0.1) is 0 Å². The van der Waals surface area contributed by atoms with Gasteiger partial charge in [-0.3, -0.25) is 4.99 Å². The van der Waals surface area contributed by atoms with Gasteiger partial charge in [0.1, 0.15) is 5.69 Å². The number of aromatic hydroxyl groups is 1. The Kier molecular flexibility index (Phi) is 3.54. The van der Waals surface area contributed by atoms with Crippen molar-refractivity contribution in [2.24, 2.45) is 4.99 Å². The Balaban J connectivity index is 1.51. The van der Waals surface area contributed by atoms with Gasteiger partial charge in [-0.05, 0) is 47.7 Å². The number of hydrogen-bond donors (Lipinski definition) is 2. The normalized spacial score (nSPS) is 13.1. The van der Waals surface area contributed by atoms with E-state index in [9.17, 15) is 5.11 Å². The van der Waals surface area contributed by atoms with E-state index in [-0.39, 0.29) is 5.88 Å². The lowest BCUT2D eigenvalue weighted by Gasteiger charge is -2.15. The van der Waals surface area contributed by atoms with Gasteiger partial charge in [0.15, 0.2) is 0 Å². The van der Waals surface area contributed by atoms with Gasteiger partial charge in [-0.25, -0.2) is 4.98 Å². The fraction of sp³-hybridized carbons (Fsp3) is 0.0500. The summed E-state index contributed by atoms with van der Waals surface area (Å²) < 4.78 is 1.11. The molecule has 4 aromatic rings. The van der Waals surface area contributed by atoms with Crippen molar-refractivity contribution in [2.75, 3.05) is 11.9 Å². The molecule has 7 heteroatoms. The smallest absolute Gasteiger partial charge is 0.238 e. The molecule has 0 atom stereocenters. The number of rotatable bonds is 3. The molecule has 2 aromatic carbocycles. The number of aromatic amines is 1. The van der Waals surface area contributed by atoms with Crippen molar-refractivity contribution in [1.29, 1.82) is 0 Å². The summed E-state index contributed by atoms with van der Waals surface area (Å²) in [6.07, 6.45) is 5.63. The highest BCUT2D eigenvalue weighted by atomic mass is 32.1. The number of benzene rings is 2. The number of anilines is 2. The minimum Gasteiger partial charge on any atom is -0.492 e. The van der Waals surface area contributed by atoms with Crippen LogP contribution in [0.1, 0.15) is 11.3 Å². The number of nitrogens with zero attached hydrogens (tertiary/aromatic N) is 4. The van der Waals surface area contributed by atoms with Gasteiger partial charge < -0.3 is 15.0 Å². The molecule has 27 heavy (non-hydrogen) atoms. The fourth-order valence-electron chi connectivity index (χ4n) is 3.08. The predicted octanol–water partition coefficient (Wildman–Crippen LogP) is 2.93. The first-order chi connectivity index (χ1) is 13.2. The van der Waals surface area contributed by atoms with E-state index >= 15 is 0 Å². The van der Waals surface area contributed by atoms with Crippen LogP contribution in [0.5, 0.6) is 5.88 Å². The van der Waals surface area contributed by atoms with Crippen LogP contribution in [0.4, 0.5) is 11.6 Å². The monoisotopic (exact) mass is 373 g/mol. The van der Waals surface area contributed by atoms with Gasteiger partial charge in [0.05, 0.1) is 21.1 Å². The first kappa shape index (κ1) is 15.8. The highest BCUT2D eigenvalue weighted by Gasteiger charge is 2.13. The van der Waals surface area contributed by atoms with Crippen LogP contribution >= 0.6 is 11.3 Å². The summed E-state index contributed by atoms with van der Waals surface area (Å²) in [5.74, 6) is 0.537. The number of aromatic nitrogens is 3. The van der Waals surface area contributed by atoms with E-state index in [1.54, 1.807) is 17.5 Å². The molecule has 0 amide bonds. The summed E-state index contributed by atoms with van der Waals surface area (Å²) >= 11 is 1.60. The topological polar surface area (TPSA) is 77.4 Å². The first-order valence-electron chi connectivity index (χ1n) is 8.39. The second-order valence-corrected chi connectivity index (χ2v) is 7.15. The molecule has 6 nitrogen and oxygen atoms in total. The number of thiazole rings is 1. The molecule has 132 valence electrons. The molecular formula is C20H15N5OS. The summed E-state index contributed by atoms with van der Waals surface area (Å²) in [5, 5.41) is 12.2. The Hall–Kier alpha value is -3.45. The van der Waals surface area contributed by atoms with Crippen LogP contribution in [0.3, 0.4) is 0 Å². The Morgan fingerprint density at radius 3 is 3.04 bits per heavy atom. The third kappa shape index (κ3) is 2.78. The van der Waals surface area contributed by atoms with Gasteiger partial charge >= 0.3 is 0 Å². The molecular weight excluding hydrogens is 358 g/mol. The highest BCUT2D eigenvalue weighted by molar-refractivity contribution is 7.16. The quantitative estimate of drug-likeness (QED) is 0.579. The van der Waals surface area contributed by atoms with Crippen molar-refractivity contribution in [3.05, 3.63) is 69.9 Å². The van der Waals surface area contributed by atoms with Crippen molar-refractivity contribution in [3.8, 4) is 5.88 Å². The van der Waals surface area contributed by atoms with E-state index < -0.39 is 0 Å². The molecule has 2 aromatic heterocycles. The van der Waals surface area contributed by atoms with Gasteiger partial charge in [0, 0.05) is 24.5 Å². The van der Waals surface area contributed by atoms with Gasteiger partial charge in [0.2, 0.25) is 11.8 Å². The Morgan fingerprint density at radius 2 is 2.11 bits per heavy atom. The lowest BCUT2D eigenvalue weighted by Crippen LogP contribution is -2.11. The summed E-state index contributed by atoms with van der Waals surface area (Å²) in [5.41, 5.74) is 5.41. The average Bonchev–Trinajstić information content (AvgIpc) is 3.40. The standard InChI is InChI=1S/C20H15N5OS/c1-25(14-3-5-16-18(10-14)27-11-22-16)20-23-17(19(26)24-20)9-12-2-4-15-13(8-12)6-7-21-15/h2-11,26H,1H3,(H,23,24). The lowest BCUT2D eigenvalue weighted by molar-refractivity contribution is 0.455. The van der Waals surface area contributed by atoms with Crippen molar-refractivity contribution in [2.45, 2.75) is 0 Å². The molecule has 1 aliphatic rings. The van der Waals surface area contributed by atoms with Crippen LogP contribution in [-0.4, -0.2) is 27.1 Å². The highest BCUT2D eigenvalue weighted by Crippen LogP contribution is 2.29. The van der Waals surface area contributed by atoms with Gasteiger partial charge in [-0.2, -0.15) is 4.98 Å². The first-order valence-corrected chi connectivity index (χ1v) is 9.27. The van der Waals surface area contributed by atoms with E-state index in [1.165, 1.54) is 0 Å². The molecule has 0 saturated carbocycles. The zero-order valence-corrected chi connectivity index (χ0v) is 15.2.